The van der Waals surface area contributed by atoms with E-state index in [0.29, 0.717) is 19.8 Å². The summed E-state index contributed by atoms with van der Waals surface area (Å²) in [5, 5.41) is -0.299. The van der Waals surface area contributed by atoms with Crippen LogP contribution in [-0.2, 0) is 61.5 Å². The van der Waals surface area contributed by atoms with E-state index in [1.807, 2.05) is 60.7 Å². The smallest absolute Gasteiger partial charge is 0.192 e. The molecule has 2 aliphatic heterocycles. The SMILES string of the molecule is CC1O[C@@H](O[C@@H]2C(COCc3ccccc3)O[C@@H](Sc3ccccc3)C(OCc3ccccc3)C2OCc2ccccc2)C(O[Si](C)(C)C(C)(C)C)C(O[Si](C)(C)C(C)(C)C)[C@H]1O[Si](C)(C)C(C)(C)C. The van der Waals surface area contributed by atoms with Crippen molar-refractivity contribution in [3.63, 3.8) is 0 Å². The van der Waals surface area contributed by atoms with Crippen LogP contribution in [0.25, 0.3) is 0 Å². The summed E-state index contributed by atoms with van der Waals surface area (Å²) in [6.45, 7) is 37.8. The van der Waals surface area contributed by atoms with Crippen molar-refractivity contribution < 1.29 is 41.7 Å². The van der Waals surface area contributed by atoms with Gasteiger partial charge >= 0.3 is 0 Å². The monoisotopic (exact) mass is 1030 g/mol. The molecule has 386 valence electrons. The molecule has 2 fully saturated rings. The zero-order valence-electron chi connectivity index (χ0n) is 45.2. The third-order valence-corrected chi connectivity index (χ3v) is 29.9. The van der Waals surface area contributed by atoms with Crippen molar-refractivity contribution in [1.29, 1.82) is 0 Å². The molecule has 4 aromatic carbocycles. The normalized spacial score (nSPS) is 26.3. The van der Waals surface area contributed by atoms with Gasteiger partial charge in [0.05, 0.1) is 38.6 Å². The Morgan fingerprint density at radius 3 is 1.31 bits per heavy atom. The third-order valence-electron chi connectivity index (χ3n) is 15.3. The van der Waals surface area contributed by atoms with E-state index in [2.05, 4.69) is 169 Å². The van der Waals surface area contributed by atoms with Crippen molar-refractivity contribution in [3.05, 3.63) is 138 Å². The maximum atomic E-state index is 7.70. The van der Waals surface area contributed by atoms with Gasteiger partial charge in [0.2, 0.25) is 0 Å². The van der Waals surface area contributed by atoms with Gasteiger partial charge in [0, 0.05) is 4.90 Å². The van der Waals surface area contributed by atoms with Gasteiger partial charge in [-0.2, -0.15) is 0 Å². The Bertz CT molecular complexity index is 2160. The van der Waals surface area contributed by atoms with Gasteiger partial charge in [0.25, 0.3) is 0 Å². The topological polar surface area (TPSA) is 83.1 Å². The molecule has 0 amide bonds. The first-order valence-electron chi connectivity index (χ1n) is 25.4. The molecule has 4 aromatic rings. The summed E-state index contributed by atoms with van der Waals surface area (Å²) in [7, 11) is -7.44. The van der Waals surface area contributed by atoms with Gasteiger partial charge < -0.3 is 41.7 Å². The summed E-state index contributed by atoms with van der Waals surface area (Å²) >= 11 is 1.63. The molecule has 0 spiro atoms. The molecular formula is C57H86O9SSi3. The van der Waals surface area contributed by atoms with Crippen LogP contribution in [-0.4, -0.2) is 92.1 Å². The first kappa shape index (κ1) is 56.8. The highest BCUT2D eigenvalue weighted by Gasteiger charge is 2.58. The van der Waals surface area contributed by atoms with Crippen LogP contribution in [0.4, 0.5) is 0 Å². The second kappa shape index (κ2) is 23.8. The number of rotatable bonds is 20. The molecule has 2 aliphatic rings. The van der Waals surface area contributed by atoms with Crippen LogP contribution in [0.2, 0.25) is 54.4 Å². The van der Waals surface area contributed by atoms with Crippen LogP contribution >= 0.6 is 11.8 Å². The molecule has 6 unspecified atom stereocenters. The quantitative estimate of drug-likeness (QED) is 0.0798. The Balaban J connectivity index is 1.50. The molecule has 10 atom stereocenters. The van der Waals surface area contributed by atoms with Gasteiger partial charge in [-0.1, -0.05) is 183 Å². The molecule has 0 N–H and O–H groups in total. The summed E-state index contributed by atoms with van der Waals surface area (Å²) in [6, 6.07) is 41.1. The van der Waals surface area contributed by atoms with E-state index in [-0.39, 0.29) is 21.7 Å². The fraction of sp³-hybridized carbons (Fsp3) is 0.579. The summed E-state index contributed by atoms with van der Waals surface area (Å²) in [5.41, 5.74) is 2.65. The Hall–Kier alpha value is -2.48. The van der Waals surface area contributed by atoms with Gasteiger partial charge in [0.1, 0.15) is 42.1 Å². The predicted octanol–water partition coefficient (Wildman–Crippen LogP) is 14.2. The number of benzene rings is 4. The van der Waals surface area contributed by atoms with E-state index in [1.54, 1.807) is 11.8 Å². The summed E-state index contributed by atoms with van der Waals surface area (Å²) < 4.78 is 66.2. The highest BCUT2D eigenvalue weighted by molar-refractivity contribution is 7.99. The first-order chi connectivity index (χ1) is 32.8. The molecule has 0 saturated carbocycles. The lowest BCUT2D eigenvalue weighted by atomic mass is 9.97. The summed E-state index contributed by atoms with van der Waals surface area (Å²) in [5.74, 6) is 0. The Kier molecular flexibility index (Phi) is 19.3. The highest BCUT2D eigenvalue weighted by Crippen LogP contribution is 2.47. The zero-order chi connectivity index (χ0) is 51.1. The van der Waals surface area contributed by atoms with Crippen molar-refractivity contribution in [2.24, 2.45) is 0 Å². The summed E-state index contributed by atoms with van der Waals surface area (Å²) in [4.78, 5) is 1.05. The molecule has 0 aromatic heterocycles. The van der Waals surface area contributed by atoms with E-state index in [1.165, 1.54) is 0 Å². The molecule has 2 saturated heterocycles. The Labute approximate surface area is 429 Å². The molecule has 6 rings (SSSR count). The van der Waals surface area contributed by atoms with Crippen LogP contribution in [0.3, 0.4) is 0 Å². The van der Waals surface area contributed by atoms with Gasteiger partial charge in [-0.05, 0) is 90.1 Å². The molecule has 0 aliphatic carbocycles. The minimum Gasteiger partial charge on any atom is -0.409 e. The van der Waals surface area contributed by atoms with Crippen molar-refractivity contribution in [2.75, 3.05) is 6.61 Å². The van der Waals surface area contributed by atoms with Crippen molar-refractivity contribution in [1.82, 2.24) is 0 Å². The van der Waals surface area contributed by atoms with Crippen LogP contribution in [0.15, 0.2) is 126 Å². The van der Waals surface area contributed by atoms with Crippen LogP contribution in [0, 0.1) is 0 Å². The third kappa shape index (κ3) is 14.9. The fourth-order valence-electron chi connectivity index (χ4n) is 7.88. The molecule has 0 bridgehead atoms. The average molecular weight is 1030 g/mol. The van der Waals surface area contributed by atoms with Crippen LogP contribution in [0.5, 0.6) is 0 Å². The maximum Gasteiger partial charge on any atom is 0.192 e. The number of thioether (sulfide) groups is 1. The molecule has 9 nitrogen and oxygen atoms in total. The molecule has 13 heteroatoms. The minimum absolute atomic E-state index is 0.0594. The van der Waals surface area contributed by atoms with Crippen LogP contribution < -0.4 is 0 Å². The van der Waals surface area contributed by atoms with E-state index in [0.717, 1.165) is 21.6 Å². The van der Waals surface area contributed by atoms with Crippen LogP contribution in [0.1, 0.15) is 85.9 Å². The van der Waals surface area contributed by atoms with Crippen molar-refractivity contribution in [2.45, 2.75) is 209 Å². The Morgan fingerprint density at radius 2 is 0.857 bits per heavy atom. The zero-order valence-corrected chi connectivity index (χ0v) is 49.0. The second-order valence-electron chi connectivity index (χ2n) is 23.8. The Morgan fingerprint density at radius 1 is 0.457 bits per heavy atom. The van der Waals surface area contributed by atoms with Gasteiger partial charge in [-0.15, -0.1) is 0 Å². The minimum atomic E-state index is -2.56. The van der Waals surface area contributed by atoms with Gasteiger partial charge in [-0.3, -0.25) is 0 Å². The number of hydrogen-bond acceptors (Lipinski definition) is 10. The lowest BCUT2D eigenvalue weighted by Crippen LogP contribution is -2.69. The lowest BCUT2D eigenvalue weighted by molar-refractivity contribution is -0.335. The molecule has 70 heavy (non-hydrogen) atoms. The highest BCUT2D eigenvalue weighted by atomic mass is 32.2. The average Bonchev–Trinajstić information content (AvgIpc) is 3.28. The molecule has 2 heterocycles. The van der Waals surface area contributed by atoms with E-state index >= 15 is 0 Å². The maximum absolute atomic E-state index is 7.70. The van der Waals surface area contributed by atoms with Crippen molar-refractivity contribution >= 4 is 36.7 Å². The van der Waals surface area contributed by atoms with E-state index in [4.69, 9.17) is 41.7 Å². The van der Waals surface area contributed by atoms with Gasteiger partial charge in [-0.25, -0.2) is 0 Å². The molecule has 0 radical (unpaired) electrons. The summed E-state index contributed by atoms with van der Waals surface area (Å²) in [6.07, 6.45) is -5.53. The standard InChI is InChI=1S/C57H86O9SSi3/c1-41-47(64-68(11,12)55(2,3)4)50(65-69(13,14)56(5,6)7)51(66-70(15,16)57(8,9)10)53(61-41)63-48-46(40-58-37-42-29-21-17-22-30-42)62-54(67-45-35-27-20-28-36-45)52(60-39-44-33-25-19-26-34-44)49(48)59-38-43-31-23-18-24-32-43/h17-36,41,46-54H,37-40H2,1-16H3/t41?,46?,47-,48+,49?,50?,51?,52?,53-,54-/m0/s1. The fourth-order valence-corrected chi connectivity index (χ4v) is 13.0. The van der Waals surface area contributed by atoms with Gasteiger partial charge in [0.15, 0.2) is 31.2 Å². The predicted molar refractivity (Wildman–Crippen MR) is 293 cm³/mol. The largest absolute Gasteiger partial charge is 0.409 e. The van der Waals surface area contributed by atoms with E-state index in [9.17, 15) is 0 Å². The lowest BCUT2D eigenvalue weighted by Gasteiger charge is -2.55. The molecular weight excluding hydrogens is 945 g/mol. The number of ether oxygens (including phenoxy) is 6. The van der Waals surface area contributed by atoms with E-state index < -0.39 is 85.5 Å². The van der Waals surface area contributed by atoms with Crippen molar-refractivity contribution in [3.8, 4) is 0 Å². The number of hydrogen-bond donors (Lipinski definition) is 0. The second-order valence-corrected chi connectivity index (χ2v) is 39.3. The first-order valence-corrected chi connectivity index (χ1v) is 35.0.